The lowest BCUT2D eigenvalue weighted by molar-refractivity contribution is -0.136. The average Bonchev–Trinajstić information content (AvgIpc) is 3.02. The van der Waals surface area contributed by atoms with Gasteiger partial charge in [-0.3, -0.25) is 14.4 Å². The van der Waals surface area contributed by atoms with E-state index in [1.807, 2.05) is 24.3 Å². The van der Waals surface area contributed by atoms with E-state index in [9.17, 15) is 14.4 Å². The maximum Gasteiger partial charge on any atom is 0.307 e. The third kappa shape index (κ3) is 3.80. The number of carboxylic acid groups (broad SMARTS) is 1. The summed E-state index contributed by atoms with van der Waals surface area (Å²) < 4.78 is 5.15. The van der Waals surface area contributed by atoms with E-state index in [-0.39, 0.29) is 29.8 Å². The number of benzene rings is 1. The van der Waals surface area contributed by atoms with E-state index < -0.39 is 11.5 Å². The summed E-state index contributed by atoms with van der Waals surface area (Å²) in [6.07, 6.45) is 0.426. The largest absolute Gasteiger partial charge is 0.497 e. The van der Waals surface area contributed by atoms with Crippen LogP contribution in [0.1, 0.15) is 28.2 Å². The van der Waals surface area contributed by atoms with Gasteiger partial charge in [-0.2, -0.15) is 0 Å². The van der Waals surface area contributed by atoms with E-state index in [1.54, 1.807) is 12.5 Å². The minimum Gasteiger partial charge on any atom is -0.497 e. The van der Waals surface area contributed by atoms with Gasteiger partial charge in [0.2, 0.25) is 0 Å². The molecule has 0 aliphatic carbocycles. The maximum atomic E-state index is 12.4. The van der Waals surface area contributed by atoms with Crippen LogP contribution >= 0.6 is 11.3 Å². The van der Waals surface area contributed by atoms with E-state index in [1.165, 1.54) is 0 Å². The predicted molar refractivity (Wildman–Crippen MR) is 97.2 cm³/mol. The number of carbonyl (C=O) groups excluding carboxylic acids is 1. The molecule has 0 saturated carbocycles. The number of thiophene rings is 1. The summed E-state index contributed by atoms with van der Waals surface area (Å²) in [5.41, 5.74) is 0.861. The molecular weight excluding hydrogens is 356 g/mol. The first-order valence-corrected chi connectivity index (χ1v) is 8.74. The van der Waals surface area contributed by atoms with Gasteiger partial charge < -0.3 is 14.8 Å². The van der Waals surface area contributed by atoms with Gasteiger partial charge in [0.15, 0.2) is 11.6 Å². The Morgan fingerprint density at radius 3 is 2.88 bits per heavy atom. The maximum absolute atomic E-state index is 12.4. The summed E-state index contributed by atoms with van der Waals surface area (Å²) in [7, 11) is 1.58. The molecule has 0 aliphatic heterocycles. The monoisotopic (exact) mass is 372 g/mol. The molecule has 0 saturated heterocycles. The van der Waals surface area contributed by atoms with E-state index in [2.05, 4.69) is 9.97 Å². The number of nitrogens with one attached hydrogen (secondary N) is 1. The number of rotatable bonds is 7. The van der Waals surface area contributed by atoms with Crippen molar-refractivity contribution in [2.24, 2.45) is 0 Å². The van der Waals surface area contributed by atoms with Crippen LogP contribution in [0.5, 0.6) is 5.75 Å². The second kappa shape index (κ2) is 7.49. The SMILES string of the molecule is COc1cccc(CCC(=O)c2nc3scc(CC(=O)O)c3c(=O)[nH]2)c1. The van der Waals surface area contributed by atoms with Crippen LogP contribution in [0.2, 0.25) is 0 Å². The molecule has 26 heavy (non-hydrogen) atoms. The number of Topliss-reactive ketones (excluding diaryl/α,β-unsaturated/α-hetero) is 1. The highest BCUT2D eigenvalue weighted by Crippen LogP contribution is 2.22. The molecule has 134 valence electrons. The van der Waals surface area contributed by atoms with E-state index >= 15 is 0 Å². The van der Waals surface area contributed by atoms with Gasteiger partial charge in [0.05, 0.1) is 18.9 Å². The molecule has 0 fully saturated rings. The summed E-state index contributed by atoms with van der Waals surface area (Å²) in [6.45, 7) is 0. The Bertz CT molecular complexity index is 1040. The van der Waals surface area contributed by atoms with Crippen LogP contribution in [-0.4, -0.2) is 33.9 Å². The van der Waals surface area contributed by atoms with Crippen molar-refractivity contribution in [2.45, 2.75) is 19.3 Å². The van der Waals surface area contributed by atoms with Crippen molar-refractivity contribution in [3.05, 3.63) is 57.0 Å². The van der Waals surface area contributed by atoms with Crippen molar-refractivity contribution < 1.29 is 19.4 Å². The highest BCUT2D eigenvalue weighted by molar-refractivity contribution is 7.16. The van der Waals surface area contributed by atoms with Gasteiger partial charge in [-0.1, -0.05) is 12.1 Å². The van der Waals surface area contributed by atoms with E-state index in [0.717, 1.165) is 16.9 Å². The summed E-state index contributed by atoms with van der Waals surface area (Å²) in [6, 6.07) is 7.42. The van der Waals surface area contributed by atoms with Gasteiger partial charge in [0, 0.05) is 6.42 Å². The molecule has 8 heteroatoms. The molecule has 2 heterocycles. The minimum atomic E-state index is -1.03. The lowest BCUT2D eigenvalue weighted by Gasteiger charge is -2.04. The van der Waals surface area contributed by atoms with Crippen molar-refractivity contribution in [1.29, 1.82) is 0 Å². The molecular formula is C18H16N2O5S. The normalized spacial score (nSPS) is 10.8. The number of ketones is 1. The van der Waals surface area contributed by atoms with Crippen molar-refractivity contribution in [2.75, 3.05) is 7.11 Å². The Balaban J connectivity index is 1.80. The van der Waals surface area contributed by atoms with E-state index in [0.29, 0.717) is 22.6 Å². The standard InChI is InChI=1S/C18H16N2O5S/c1-25-12-4-2-3-10(7-12)5-6-13(21)16-19-17(24)15-11(8-14(22)23)9-26-18(15)20-16/h2-4,7,9H,5-6,8H2,1H3,(H,22,23)(H,19,20,24). The van der Waals surface area contributed by atoms with Gasteiger partial charge in [0.25, 0.3) is 5.56 Å². The lowest BCUT2D eigenvalue weighted by atomic mass is 10.1. The summed E-state index contributed by atoms with van der Waals surface area (Å²) in [5.74, 6) is -0.593. The third-order valence-electron chi connectivity index (χ3n) is 3.90. The Morgan fingerprint density at radius 2 is 2.15 bits per heavy atom. The number of hydrogen-bond acceptors (Lipinski definition) is 6. The summed E-state index contributed by atoms with van der Waals surface area (Å²) in [4.78, 5) is 42.6. The number of hydrogen-bond donors (Lipinski definition) is 2. The zero-order chi connectivity index (χ0) is 18.7. The van der Waals surface area contributed by atoms with Crippen LogP contribution in [0, 0.1) is 0 Å². The third-order valence-corrected chi connectivity index (χ3v) is 4.82. The van der Waals surface area contributed by atoms with Gasteiger partial charge >= 0.3 is 5.97 Å². The van der Waals surface area contributed by atoms with Gasteiger partial charge in [0.1, 0.15) is 10.6 Å². The molecule has 3 rings (SSSR count). The first kappa shape index (κ1) is 17.8. The fraction of sp³-hybridized carbons (Fsp3) is 0.222. The molecule has 3 aromatic rings. The first-order valence-electron chi connectivity index (χ1n) is 7.86. The zero-order valence-electron chi connectivity index (χ0n) is 13.9. The van der Waals surface area contributed by atoms with Crippen molar-refractivity contribution in [1.82, 2.24) is 9.97 Å². The molecule has 0 amide bonds. The number of fused-ring (bicyclic) bond motifs is 1. The molecule has 2 N–H and O–H groups in total. The number of ether oxygens (including phenoxy) is 1. The number of aromatic nitrogens is 2. The summed E-state index contributed by atoms with van der Waals surface area (Å²) in [5, 5.41) is 10.7. The molecule has 0 atom stereocenters. The number of aryl methyl sites for hydroxylation is 1. The predicted octanol–water partition coefficient (Wildman–Crippen LogP) is 2.44. The molecule has 0 aliphatic rings. The molecule has 0 radical (unpaired) electrons. The topological polar surface area (TPSA) is 109 Å². The van der Waals surface area contributed by atoms with Crippen molar-refractivity contribution in [3.8, 4) is 5.75 Å². The Kier molecular flexibility index (Phi) is 5.13. The molecule has 7 nitrogen and oxygen atoms in total. The van der Waals surface area contributed by atoms with Crippen molar-refractivity contribution in [3.63, 3.8) is 0 Å². The molecule has 0 spiro atoms. The minimum absolute atomic E-state index is 0.00544. The Labute approximate surface area is 152 Å². The molecule has 0 bridgehead atoms. The second-order valence-corrected chi connectivity index (χ2v) is 6.56. The average molecular weight is 372 g/mol. The number of carboxylic acids is 1. The number of H-pyrrole nitrogens is 1. The van der Waals surface area contributed by atoms with Crippen LogP contribution in [0.4, 0.5) is 0 Å². The Morgan fingerprint density at radius 1 is 1.35 bits per heavy atom. The highest BCUT2D eigenvalue weighted by atomic mass is 32.1. The van der Waals surface area contributed by atoms with Gasteiger partial charge in [-0.05, 0) is 35.1 Å². The molecule has 0 unspecified atom stereocenters. The number of carbonyl (C=O) groups is 2. The quantitative estimate of drug-likeness (QED) is 0.617. The Hall–Kier alpha value is -3.00. The fourth-order valence-electron chi connectivity index (χ4n) is 2.64. The van der Waals surface area contributed by atoms with Crippen LogP contribution < -0.4 is 10.3 Å². The molecule has 1 aromatic carbocycles. The van der Waals surface area contributed by atoms with Crippen LogP contribution in [0.3, 0.4) is 0 Å². The van der Waals surface area contributed by atoms with Crippen LogP contribution in [0.25, 0.3) is 10.2 Å². The number of methoxy groups -OCH3 is 1. The van der Waals surface area contributed by atoms with Crippen molar-refractivity contribution >= 4 is 33.3 Å². The van der Waals surface area contributed by atoms with Crippen LogP contribution in [0.15, 0.2) is 34.4 Å². The van der Waals surface area contributed by atoms with Gasteiger partial charge in [-0.15, -0.1) is 11.3 Å². The highest BCUT2D eigenvalue weighted by Gasteiger charge is 2.16. The lowest BCUT2D eigenvalue weighted by Crippen LogP contribution is -2.17. The van der Waals surface area contributed by atoms with Gasteiger partial charge in [-0.25, -0.2) is 4.98 Å². The number of aromatic amines is 1. The smallest absolute Gasteiger partial charge is 0.307 e. The summed E-state index contributed by atoms with van der Waals surface area (Å²) >= 11 is 1.16. The number of nitrogens with zero attached hydrogens (tertiary/aromatic N) is 1. The zero-order valence-corrected chi connectivity index (χ0v) is 14.8. The van der Waals surface area contributed by atoms with E-state index in [4.69, 9.17) is 9.84 Å². The second-order valence-electron chi connectivity index (χ2n) is 5.70. The number of aliphatic carboxylic acids is 1. The molecule has 2 aromatic heterocycles. The van der Waals surface area contributed by atoms with Crippen LogP contribution in [-0.2, 0) is 17.6 Å². The first-order chi connectivity index (χ1) is 12.5. The fourth-order valence-corrected chi connectivity index (χ4v) is 3.58.